The Labute approximate surface area is 170 Å². The van der Waals surface area contributed by atoms with Crippen LogP contribution in [0.25, 0.3) is 10.9 Å². The molecule has 2 heterocycles. The normalized spacial score (nSPS) is 15.7. The second kappa shape index (κ2) is 7.60. The lowest BCUT2D eigenvalue weighted by Crippen LogP contribution is -2.41. The van der Waals surface area contributed by atoms with Crippen LogP contribution in [-0.2, 0) is 20.7 Å². The third-order valence-corrected chi connectivity index (χ3v) is 5.09. The lowest BCUT2D eigenvalue weighted by atomic mass is 9.92. The Balaban J connectivity index is 1.44. The van der Waals surface area contributed by atoms with Gasteiger partial charge in [-0.05, 0) is 42.0 Å². The van der Waals surface area contributed by atoms with Crippen LogP contribution in [0.3, 0.4) is 0 Å². The van der Waals surface area contributed by atoms with E-state index in [1.54, 1.807) is 7.11 Å². The summed E-state index contributed by atoms with van der Waals surface area (Å²) in [6.07, 6.45) is 2.25. The third-order valence-electron chi connectivity index (χ3n) is 4.86. The predicted molar refractivity (Wildman–Crippen MR) is 107 cm³/mol. The van der Waals surface area contributed by atoms with Crippen molar-refractivity contribution in [3.8, 4) is 5.75 Å². The third kappa shape index (κ3) is 3.56. The number of aromatic amines is 1. The number of fused-ring (bicyclic) bond motifs is 2. The molecule has 0 fully saturated rings. The maximum atomic E-state index is 12.6. The van der Waals surface area contributed by atoms with Gasteiger partial charge in [-0.2, -0.15) is 0 Å². The Morgan fingerprint density at radius 2 is 2.00 bits per heavy atom. The summed E-state index contributed by atoms with van der Waals surface area (Å²) in [5.74, 6) is -2.98. The van der Waals surface area contributed by atoms with Crippen molar-refractivity contribution >= 4 is 45.9 Å². The molecule has 0 radical (unpaired) electrons. The number of H-pyrrole nitrogens is 1. The number of methoxy groups -OCH3 is 1. The van der Waals surface area contributed by atoms with Crippen LogP contribution in [0.15, 0.2) is 42.6 Å². The number of halogens is 1. The standard InChI is InChI=1S/C21H17ClN2O5/c1-28-13-3-5-16-15(9-13)11(10-23-16)6-7-29-21(27)18-19(25)14-4-2-12(22)8-17(14)24-20(18)26/h2-5,8-10,18,23H,6-7H2,1H3,(H,24,26). The average Bonchev–Trinajstić information content (AvgIpc) is 3.09. The highest BCUT2D eigenvalue weighted by atomic mass is 35.5. The topological polar surface area (TPSA) is 97.5 Å². The number of ether oxygens (including phenoxy) is 2. The average molecular weight is 413 g/mol. The molecule has 0 bridgehead atoms. The van der Waals surface area contributed by atoms with Crippen LogP contribution < -0.4 is 10.1 Å². The number of Topliss-reactive ketones (excluding diaryl/α,β-unsaturated/α-hetero) is 1. The van der Waals surface area contributed by atoms with E-state index in [0.717, 1.165) is 22.2 Å². The van der Waals surface area contributed by atoms with E-state index in [1.807, 2.05) is 24.4 Å². The minimum Gasteiger partial charge on any atom is -0.497 e. The number of anilines is 1. The highest BCUT2D eigenvalue weighted by molar-refractivity contribution is 6.33. The van der Waals surface area contributed by atoms with Gasteiger partial charge < -0.3 is 19.8 Å². The fourth-order valence-electron chi connectivity index (χ4n) is 3.36. The van der Waals surface area contributed by atoms with Gasteiger partial charge in [-0.1, -0.05) is 11.6 Å². The number of rotatable bonds is 5. The zero-order valence-corrected chi connectivity index (χ0v) is 16.2. The number of benzene rings is 2. The number of carbonyl (C=O) groups is 3. The van der Waals surface area contributed by atoms with Crippen molar-refractivity contribution in [1.82, 2.24) is 4.98 Å². The van der Waals surface area contributed by atoms with Crippen LogP contribution in [0, 0.1) is 5.92 Å². The molecule has 1 amide bonds. The number of nitrogens with one attached hydrogen (secondary N) is 2. The van der Waals surface area contributed by atoms with Crippen molar-refractivity contribution in [2.45, 2.75) is 6.42 Å². The summed E-state index contributed by atoms with van der Waals surface area (Å²) in [6.45, 7) is 0.0352. The molecule has 2 N–H and O–H groups in total. The Bertz CT molecular complexity index is 1140. The first-order valence-corrected chi connectivity index (χ1v) is 9.31. The summed E-state index contributed by atoms with van der Waals surface area (Å²) in [5, 5.41) is 3.88. The number of amides is 1. The van der Waals surface area contributed by atoms with Gasteiger partial charge in [0.25, 0.3) is 0 Å². The van der Waals surface area contributed by atoms with Crippen LogP contribution >= 0.6 is 11.6 Å². The molecular weight excluding hydrogens is 396 g/mol. The largest absolute Gasteiger partial charge is 0.497 e. The number of ketones is 1. The van der Waals surface area contributed by atoms with Crippen molar-refractivity contribution in [1.29, 1.82) is 0 Å². The molecule has 1 unspecified atom stereocenters. The maximum Gasteiger partial charge on any atom is 0.326 e. The lowest BCUT2D eigenvalue weighted by Gasteiger charge is -2.22. The Morgan fingerprint density at radius 3 is 2.79 bits per heavy atom. The summed E-state index contributed by atoms with van der Waals surface area (Å²) in [4.78, 5) is 40.4. The van der Waals surface area contributed by atoms with Crippen molar-refractivity contribution in [2.75, 3.05) is 19.0 Å². The highest BCUT2D eigenvalue weighted by Gasteiger charge is 2.41. The van der Waals surface area contributed by atoms with E-state index in [9.17, 15) is 14.4 Å². The Hall–Kier alpha value is -3.32. The van der Waals surface area contributed by atoms with Crippen LogP contribution in [-0.4, -0.2) is 36.4 Å². The molecule has 0 saturated carbocycles. The van der Waals surface area contributed by atoms with Crippen molar-refractivity contribution in [2.24, 2.45) is 5.92 Å². The molecule has 29 heavy (non-hydrogen) atoms. The van der Waals surface area contributed by atoms with E-state index in [4.69, 9.17) is 21.1 Å². The SMILES string of the molecule is COc1ccc2[nH]cc(CCOC(=O)C3C(=O)Nc4cc(Cl)ccc4C3=O)c2c1. The smallest absolute Gasteiger partial charge is 0.326 e. The molecule has 0 spiro atoms. The van der Waals surface area contributed by atoms with Crippen molar-refractivity contribution in [3.05, 3.63) is 58.7 Å². The first kappa shape index (κ1) is 19.0. The zero-order chi connectivity index (χ0) is 20.5. The monoisotopic (exact) mass is 412 g/mol. The lowest BCUT2D eigenvalue weighted by molar-refractivity contribution is -0.149. The molecule has 148 valence electrons. The summed E-state index contributed by atoms with van der Waals surface area (Å²) in [6, 6.07) is 10.1. The number of hydrogen-bond acceptors (Lipinski definition) is 5. The highest BCUT2D eigenvalue weighted by Crippen LogP contribution is 2.29. The molecule has 1 atom stereocenters. The van der Waals surface area contributed by atoms with Gasteiger partial charge in [-0.25, -0.2) is 0 Å². The molecule has 0 aliphatic carbocycles. The second-order valence-corrected chi connectivity index (χ2v) is 7.06. The van der Waals surface area contributed by atoms with Gasteiger partial charge in [0.15, 0.2) is 11.7 Å². The Morgan fingerprint density at radius 1 is 1.17 bits per heavy atom. The molecule has 0 saturated heterocycles. The molecule has 4 rings (SSSR count). The van der Waals surface area contributed by atoms with Gasteiger partial charge in [0, 0.05) is 34.1 Å². The number of esters is 1. The van der Waals surface area contributed by atoms with E-state index < -0.39 is 23.6 Å². The predicted octanol–water partition coefficient (Wildman–Crippen LogP) is 3.37. The fraction of sp³-hybridized carbons (Fsp3) is 0.190. The minimum absolute atomic E-state index is 0.0352. The van der Waals surface area contributed by atoms with Gasteiger partial charge in [0.2, 0.25) is 5.91 Å². The molecule has 2 aromatic carbocycles. The van der Waals surface area contributed by atoms with Crippen LogP contribution in [0.2, 0.25) is 5.02 Å². The molecular formula is C21H17ClN2O5. The van der Waals surface area contributed by atoms with E-state index in [0.29, 0.717) is 17.1 Å². The van der Waals surface area contributed by atoms with Crippen molar-refractivity contribution in [3.63, 3.8) is 0 Å². The number of hydrogen-bond donors (Lipinski definition) is 2. The first-order valence-electron chi connectivity index (χ1n) is 8.93. The zero-order valence-electron chi connectivity index (χ0n) is 15.5. The molecule has 1 aliphatic heterocycles. The quantitative estimate of drug-likeness (QED) is 0.494. The summed E-state index contributed by atoms with van der Waals surface area (Å²) >= 11 is 5.88. The molecule has 1 aliphatic rings. The van der Waals surface area contributed by atoms with E-state index in [2.05, 4.69) is 10.3 Å². The van der Waals surface area contributed by atoms with E-state index in [1.165, 1.54) is 18.2 Å². The van der Waals surface area contributed by atoms with Gasteiger partial charge in [-0.3, -0.25) is 14.4 Å². The number of aromatic nitrogens is 1. The molecule has 7 nitrogen and oxygen atoms in total. The molecule has 3 aromatic rings. The summed E-state index contributed by atoms with van der Waals surface area (Å²) < 4.78 is 10.5. The van der Waals surface area contributed by atoms with Gasteiger partial charge in [-0.15, -0.1) is 0 Å². The number of carbonyl (C=O) groups excluding carboxylic acids is 3. The molecule has 1 aromatic heterocycles. The van der Waals surface area contributed by atoms with Crippen molar-refractivity contribution < 1.29 is 23.9 Å². The summed E-state index contributed by atoms with van der Waals surface area (Å²) in [5.41, 5.74) is 2.40. The Kier molecular flexibility index (Phi) is 4.98. The van der Waals surface area contributed by atoms with Gasteiger partial charge >= 0.3 is 5.97 Å². The van der Waals surface area contributed by atoms with Crippen LogP contribution in [0.5, 0.6) is 5.75 Å². The van der Waals surface area contributed by atoms with Gasteiger partial charge in [0.05, 0.1) is 19.4 Å². The van der Waals surface area contributed by atoms with Gasteiger partial charge in [0.1, 0.15) is 5.75 Å². The second-order valence-electron chi connectivity index (χ2n) is 6.62. The maximum absolute atomic E-state index is 12.6. The first-order chi connectivity index (χ1) is 14.0. The summed E-state index contributed by atoms with van der Waals surface area (Å²) in [7, 11) is 1.59. The van der Waals surface area contributed by atoms with Crippen LogP contribution in [0.1, 0.15) is 15.9 Å². The molecule has 8 heteroatoms. The minimum atomic E-state index is -1.52. The fourth-order valence-corrected chi connectivity index (χ4v) is 3.54. The van der Waals surface area contributed by atoms with E-state index >= 15 is 0 Å². The van der Waals surface area contributed by atoms with E-state index in [-0.39, 0.29) is 12.2 Å². The van der Waals surface area contributed by atoms with Crippen LogP contribution in [0.4, 0.5) is 5.69 Å².